The molecule has 1 aromatic heterocycles. The molecule has 0 bridgehead atoms. The van der Waals surface area contributed by atoms with Gasteiger partial charge in [-0.15, -0.1) is 0 Å². The molecule has 1 unspecified atom stereocenters. The summed E-state index contributed by atoms with van der Waals surface area (Å²) in [7, 11) is 0. The van der Waals surface area contributed by atoms with Crippen LogP contribution in [0.25, 0.3) is 0 Å². The van der Waals surface area contributed by atoms with Crippen LogP contribution in [-0.4, -0.2) is 49.6 Å². The third kappa shape index (κ3) is 5.40. The van der Waals surface area contributed by atoms with Gasteiger partial charge in [-0.3, -0.25) is 14.5 Å². The predicted octanol–water partition coefficient (Wildman–Crippen LogP) is 3.47. The van der Waals surface area contributed by atoms with Crippen LogP contribution in [0.1, 0.15) is 32.5 Å². The van der Waals surface area contributed by atoms with Crippen LogP contribution in [0.2, 0.25) is 0 Å². The monoisotopic (exact) mass is 437 g/mol. The molecule has 0 aliphatic carbocycles. The summed E-state index contributed by atoms with van der Waals surface area (Å²) in [6.07, 6.45) is 1.43. The Hall–Kier alpha value is -3.49. The third-order valence-electron chi connectivity index (χ3n) is 5.35. The first-order chi connectivity index (χ1) is 15.6. The number of amides is 2. The molecule has 1 aliphatic rings. The predicted molar refractivity (Wildman–Crippen MR) is 117 cm³/mol. The molecule has 3 aromatic rings. The summed E-state index contributed by atoms with van der Waals surface area (Å²) in [5.74, 6) is -0.673. The highest BCUT2D eigenvalue weighted by Crippen LogP contribution is 2.22. The molecule has 2 heterocycles. The molecule has 2 N–H and O–H groups in total. The van der Waals surface area contributed by atoms with Gasteiger partial charge in [0.1, 0.15) is 5.82 Å². The Morgan fingerprint density at radius 2 is 1.69 bits per heavy atom. The fourth-order valence-corrected chi connectivity index (χ4v) is 3.63. The molecule has 1 aliphatic heterocycles. The van der Waals surface area contributed by atoms with Gasteiger partial charge < -0.3 is 19.8 Å². The number of nitrogens with one attached hydrogen (secondary N) is 2. The Balaban J connectivity index is 1.39. The van der Waals surface area contributed by atoms with Gasteiger partial charge in [-0.25, -0.2) is 4.39 Å². The quantitative estimate of drug-likeness (QED) is 0.591. The second kappa shape index (κ2) is 10.2. The highest BCUT2D eigenvalue weighted by Gasteiger charge is 2.23. The van der Waals surface area contributed by atoms with Gasteiger partial charge in [-0.05, 0) is 54.1 Å². The van der Waals surface area contributed by atoms with Crippen LogP contribution in [0.5, 0.6) is 0 Å². The number of carbonyl (C=O) groups excluding carboxylic acids is 2. The average molecular weight is 437 g/mol. The van der Waals surface area contributed by atoms with Crippen LogP contribution >= 0.6 is 0 Å². The van der Waals surface area contributed by atoms with E-state index in [0.29, 0.717) is 31.0 Å². The highest BCUT2D eigenvalue weighted by molar-refractivity contribution is 6.02. The van der Waals surface area contributed by atoms with Crippen LogP contribution in [-0.2, 0) is 4.74 Å². The van der Waals surface area contributed by atoms with Gasteiger partial charge in [0.15, 0.2) is 5.76 Å². The van der Waals surface area contributed by atoms with E-state index in [1.165, 1.54) is 18.4 Å². The molecule has 2 amide bonds. The summed E-state index contributed by atoms with van der Waals surface area (Å²) in [4.78, 5) is 27.0. The van der Waals surface area contributed by atoms with Crippen molar-refractivity contribution in [3.8, 4) is 0 Å². The molecule has 7 nitrogen and oxygen atoms in total. The minimum Gasteiger partial charge on any atom is -0.459 e. The van der Waals surface area contributed by atoms with E-state index in [4.69, 9.17) is 9.15 Å². The van der Waals surface area contributed by atoms with E-state index in [-0.39, 0.29) is 29.4 Å². The summed E-state index contributed by atoms with van der Waals surface area (Å²) in [6, 6.07) is 16.1. The highest BCUT2D eigenvalue weighted by atomic mass is 19.1. The first-order valence-electron chi connectivity index (χ1n) is 10.4. The molecule has 0 radical (unpaired) electrons. The second-order valence-electron chi connectivity index (χ2n) is 7.43. The van der Waals surface area contributed by atoms with Crippen molar-refractivity contribution >= 4 is 17.5 Å². The second-order valence-corrected chi connectivity index (χ2v) is 7.43. The topological polar surface area (TPSA) is 83.8 Å². The molecule has 0 saturated carbocycles. The minimum absolute atomic E-state index is 0.0877. The normalized spacial score (nSPS) is 15.2. The molecular formula is C24H24FN3O4. The molecular weight excluding hydrogens is 413 g/mol. The van der Waals surface area contributed by atoms with Crippen LogP contribution in [0, 0.1) is 5.82 Å². The van der Waals surface area contributed by atoms with Crippen LogP contribution in [0.15, 0.2) is 71.3 Å². The number of nitrogens with zero attached hydrogens (tertiary/aromatic N) is 1. The number of hydrogen-bond donors (Lipinski definition) is 2. The summed E-state index contributed by atoms with van der Waals surface area (Å²) >= 11 is 0. The zero-order valence-electron chi connectivity index (χ0n) is 17.4. The molecule has 8 heteroatoms. The molecule has 1 fully saturated rings. The SMILES string of the molecule is O=C(NCC(c1ccc(F)cc1)N1CCOCC1)c1ccc(NC(=O)c2ccco2)cc1. The number of halogens is 1. The molecule has 32 heavy (non-hydrogen) atoms. The van der Waals surface area contributed by atoms with E-state index in [1.807, 2.05) is 0 Å². The minimum atomic E-state index is -0.361. The van der Waals surface area contributed by atoms with Gasteiger partial charge in [0.2, 0.25) is 0 Å². The molecule has 1 saturated heterocycles. The number of carbonyl (C=O) groups is 2. The van der Waals surface area contributed by atoms with Crippen LogP contribution in [0.3, 0.4) is 0 Å². The van der Waals surface area contributed by atoms with E-state index in [9.17, 15) is 14.0 Å². The first kappa shape index (κ1) is 21.7. The van der Waals surface area contributed by atoms with Gasteiger partial charge in [0, 0.05) is 30.9 Å². The van der Waals surface area contributed by atoms with Crippen LogP contribution < -0.4 is 10.6 Å². The smallest absolute Gasteiger partial charge is 0.291 e. The fourth-order valence-electron chi connectivity index (χ4n) is 3.63. The van der Waals surface area contributed by atoms with E-state index in [2.05, 4.69) is 15.5 Å². The maximum Gasteiger partial charge on any atom is 0.291 e. The standard InChI is InChI=1S/C24H24FN3O4/c25-19-7-3-17(4-8-19)21(28-11-14-31-15-12-28)16-26-23(29)18-5-9-20(10-6-18)27-24(30)22-2-1-13-32-22/h1-10,13,21H,11-12,14-16H2,(H,26,29)(H,27,30). The van der Waals surface area contributed by atoms with E-state index in [1.54, 1.807) is 48.5 Å². The molecule has 166 valence electrons. The van der Waals surface area contributed by atoms with Crippen LogP contribution in [0.4, 0.5) is 10.1 Å². The Morgan fingerprint density at radius 3 is 2.34 bits per heavy atom. The van der Waals surface area contributed by atoms with Crippen molar-refractivity contribution in [3.05, 3.63) is 89.6 Å². The molecule has 4 rings (SSSR count). The maximum atomic E-state index is 13.4. The third-order valence-corrected chi connectivity index (χ3v) is 5.35. The van der Waals surface area contributed by atoms with Crippen molar-refractivity contribution in [2.75, 3.05) is 38.2 Å². The van der Waals surface area contributed by atoms with Gasteiger partial charge in [0.05, 0.1) is 25.5 Å². The van der Waals surface area contributed by atoms with Gasteiger partial charge in [-0.2, -0.15) is 0 Å². The summed E-state index contributed by atoms with van der Waals surface area (Å²) in [5, 5.41) is 5.69. The number of benzene rings is 2. The van der Waals surface area contributed by atoms with Gasteiger partial charge >= 0.3 is 0 Å². The van der Waals surface area contributed by atoms with E-state index >= 15 is 0 Å². The average Bonchev–Trinajstić information content (AvgIpc) is 3.37. The number of anilines is 1. The zero-order valence-corrected chi connectivity index (χ0v) is 17.4. The molecule has 2 aromatic carbocycles. The van der Waals surface area contributed by atoms with Crippen molar-refractivity contribution < 1.29 is 23.1 Å². The Labute approximate surface area is 185 Å². The number of hydrogen-bond acceptors (Lipinski definition) is 5. The fraction of sp³-hybridized carbons (Fsp3) is 0.250. The number of rotatable bonds is 7. The lowest BCUT2D eigenvalue weighted by molar-refractivity contribution is 0.0162. The van der Waals surface area contributed by atoms with Crippen molar-refractivity contribution in [1.29, 1.82) is 0 Å². The van der Waals surface area contributed by atoms with Crippen molar-refractivity contribution in [1.82, 2.24) is 10.2 Å². The van der Waals surface area contributed by atoms with Crippen molar-refractivity contribution in [2.45, 2.75) is 6.04 Å². The molecule has 1 atom stereocenters. The largest absolute Gasteiger partial charge is 0.459 e. The Morgan fingerprint density at radius 1 is 0.969 bits per heavy atom. The summed E-state index contributed by atoms with van der Waals surface area (Å²) < 4.78 is 23.9. The maximum absolute atomic E-state index is 13.4. The molecule has 0 spiro atoms. The summed E-state index contributed by atoms with van der Waals surface area (Å²) in [6.45, 7) is 3.10. The lowest BCUT2D eigenvalue weighted by Crippen LogP contribution is -2.43. The van der Waals surface area contributed by atoms with Crippen molar-refractivity contribution in [3.63, 3.8) is 0 Å². The number of morpholine rings is 1. The number of ether oxygens (including phenoxy) is 1. The first-order valence-corrected chi connectivity index (χ1v) is 10.4. The Kier molecular flexibility index (Phi) is 6.94. The summed E-state index contributed by atoms with van der Waals surface area (Å²) in [5.41, 5.74) is 1.96. The zero-order chi connectivity index (χ0) is 22.3. The lowest BCUT2D eigenvalue weighted by atomic mass is 10.0. The lowest BCUT2D eigenvalue weighted by Gasteiger charge is -2.35. The van der Waals surface area contributed by atoms with Gasteiger partial charge in [0.25, 0.3) is 11.8 Å². The number of furan rings is 1. The van der Waals surface area contributed by atoms with E-state index in [0.717, 1.165) is 18.7 Å². The van der Waals surface area contributed by atoms with Gasteiger partial charge in [-0.1, -0.05) is 12.1 Å². The van der Waals surface area contributed by atoms with E-state index < -0.39 is 0 Å². The Bertz CT molecular complexity index is 1030. The van der Waals surface area contributed by atoms with Crippen molar-refractivity contribution in [2.24, 2.45) is 0 Å².